The van der Waals surface area contributed by atoms with Gasteiger partial charge in [-0.25, -0.2) is 0 Å². The third-order valence-corrected chi connectivity index (χ3v) is 4.44. The van der Waals surface area contributed by atoms with Gasteiger partial charge in [0.1, 0.15) is 0 Å². The maximum absolute atomic E-state index is 12.5. The van der Waals surface area contributed by atoms with Gasteiger partial charge in [0.2, 0.25) is 5.91 Å². The molecule has 0 spiro atoms. The summed E-state index contributed by atoms with van der Waals surface area (Å²) in [5.41, 5.74) is 7.05. The zero-order chi connectivity index (χ0) is 14.1. The van der Waals surface area contributed by atoms with Crippen LogP contribution < -0.4 is 5.73 Å². The minimum absolute atomic E-state index is 0. The number of piperazine rings is 1. The van der Waals surface area contributed by atoms with Gasteiger partial charge in [0, 0.05) is 30.9 Å². The molecule has 2 fully saturated rings. The molecule has 2 unspecified atom stereocenters. The molecule has 5 nitrogen and oxygen atoms in total. The van der Waals surface area contributed by atoms with E-state index in [0.717, 1.165) is 18.8 Å². The van der Waals surface area contributed by atoms with Gasteiger partial charge in [-0.15, -0.1) is 24.8 Å². The molecule has 1 amide bonds. The third kappa shape index (κ3) is 4.03. The lowest BCUT2D eigenvalue weighted by Gasteiger charge is -2.42. The van der Waals surface area contributed by atoms with Gasteiger partial charge in [-0.05, 0) is 38.4 Å². The number of amides is 1. The van der Waals surface area contributed by atoms with Crippen molar-refractivity contribution in [2.45, 2.75) is 38.3 Å². The second kappa shape index (κ2) is 7.99. The van der Waals surface area contributed by atoms with Crippen molar-refractivity contribution in [2.24, 2.45) is 0 Å². The smallest absolute Gasteiger partial charge is 0.228 e. The second-order valence-corrected chi connectivity index (χ2v) is 5.95. The van der Waals surface area contributed by atoms with E-state index in [2.05, 4.69) is 16.8 Å². The molecule has 0 aliphatic carbocycles. The maximum atomic E-state index is 12.5. The van der Waals surface area contributed by atoms with Crippen LogP contribution in [-0.2, 0) is 11.2 Å². The molecule has 2 aliphatic rings. The van der Waals surface area contributed by atoms with Crippen molar-refractivity contribution in [2.75, 3.05) is 25.4 Å². The maximum Gasteiger partial charge on any atom is 0.228 e. The summed E-state index contributed by atoms with van der Waals surface area (Å²) in [5.74, 6) is 0.182. The Labute approximate surface area is 144 Å². The molecular formula is C15H24Cl2N4O. The van der Waals surface area contributed by atoms with Gasteiger partial charge < -0.3 is 10.6 Å². The first-order valence-electron chi connectivity index (χ1n) is 7.37. The number of anilines is 1. The minimum Gasteiger partial charge on any atom is -0.397 e. The lowest BCUT2D eigenvalue weighted by atomic mass is 10.1. The highest BCUT2D eigenvalue weighted by Gasteiger charge is 2.36. The molecule has 2 N–H and O–H groups in total. The highest BCUT2D eigenvalue weighted by molar-refractivity contribution is 5.85. The van der Waals surface area contributed by atoms with Crippen LogP contribution in [-0.4, -0.2) is 52.4 Å². The summed E-state index contributed by atoms with van der Waals surface area (Å²) in [7, 11) is 0. The molecule has 3 rings (SSSR count). The van der Waals surface area contributed by atoms with Gasteiger partial charge in [0.25, 0.3) is 0 Å². The van der Waals surface area contributed by atoms with Gasteiger partial charge >= 0.3 is 0 Å². The first-order valence-corrected chi connectivity index (χ1v) is 7.37. The summed E-state index contributed by atoms with van der Waals surface area (Å²) < 4.78 is 0. The summed E-state index contributed by atoms with van der Waals surface area (Å²) >= 11 is 0. The first-order chi connectivity index (χ1) is 9.63. The molecule has 2 saturated heterocycles. The van der Waals surface area contributed by atoms with Crippen molar-refractivity contribution < 1.29 is 4.79 Å². The normalized spacial score (nSPS) is 24.1. The summed E-state index contributed by atoms with van der Waals surface area (Å²) in [5, 5.41) is 0. The largest absolute Gasteiger partial charge is 0.397 e. The number of rotatable bonds is 2. The zero-order valence-corrected chi connectivity index (χ0v) is 14.4. The average Bonchev–Trinajstić information content (AvgIpc) is 2.87. The van der Waals surface area contributed by atoms with Gasteiger partial charge in [-0.1, -0.05) is 0 Å². The number of halogens is 2. The number of carbonyl (C=O) groups is 1. The van der Waals surface area contributed by atoms with Crippen LogP contribution in [0.3, 0.4) is 0 Å². The Balaban J connectivity index is 0.00000121. The van der Waals surface area contributed by atoms with Crippen LogP contribution in [0, 0.1) is 0 Å². The number of hydrogen-bond donors (Lipinski definition) is 1. The van der Waals surface area contributed by atoms with Gasteiger partial charge in [0.15, 0.2) is 0 Å². The molecule has 3 heterocycles. The Morgan fingerprint density at radius 3 is 2.82 bits per heavy atom. The van der Waals surface area contributed by atoms with E-state index in [1.807, 2.05) is 11.0 Å². The number of pyridine rings is 1. The Bertz CT molecular complexity index is 497. The Morgan fingerprint density at radius 2 is 2.14 bits per heavy atom. The van der Waals surface area contributed by atoms with Crippen LogP contribution in [0.15, 0.2) is 18.3 Å². The van der Waals surface area contributed by atoms with E-state index in [-0.39, 0.29) is 30.7 Å². The van der Waals surface area contributed by atoms with E-state index in [1.165, 1.54) is 19.4 Å². The lowest BCUT2D eigenvalue weighted by molar-refractivity contribution is -0.136. The van der Waals surface area contributed by atoms with Crippen LogP contribution in [0.5, 0.6) is 0 Å². The Kier molecular flexibility index (Phi) is 6.91. The van der Waals surface area contributed by atoms with Crippen LogP contribution in [0.25, 0.3) is 0 Å². The minimum atomic E-state index is 0. The average molecular weight is 347 g/mol. The summed E-state index contributed by atoms with van der Waals surface area (Å²) in [6, 6.07) is 4.50. The number of fused-ring (bicyclic) bond motifs is 1. The molecule has 124 valence electrons. The van der Waals surface area contributed by atoms with Gasteiger partial charge in [0.05, 0.1) is 18.3 Å². The van der Waals surface area contributed by atoms with Crippen molar-refractivity contribution in [1.29, 1.82) is 0 Å². The fourth-order valence-electron chi connectivity index (χ4n) is 3.33. The molecule has 0 saturated carbocycles. The topological polar surface area (TPSA) is 62.5 Å². The van der Waals surface area contributed by atoms with Crippen molar-refractivity contribution in [3.05, 3.63) is 24.0 Å². The van der Waals surface area contributed by atoms with Crippen molar-refractivity contribution in [3.8, 4) is 0 Å². The molecule has 1 aromatic rings. The summed E-state index contributed by atoms with van der Waals surface area (Å²) in [4.78, 5) is 21.3. The summed E-state index contributed by atoms with van der Waals surface area (Å²) in [6.45, 7) is 5.21. The van der Waals surface area contributed by atoms with Crippen LogP contribution >= 0.6 is 24.8 Å². The van der Waals surface area contributed by atoms with Crippen molar-refractivity contribution in [1.82, 2.24) is 14.8 Å². The number of hydrogen-bond acceptors (Lipinski definition) is 4. The van der Waals surface area contributed by atoms with Crippen LogP contribution in [0.4, 0.5) is 5.69 Å². The zero-order valence-electron chi connectivity index (χ0n) is 12.8. The fraction of sp³-hybridized carbons (Fsp3) is 0.600. The van der Waals surface area contributed by atoms with Crippen molar-refractivity contribution >= 4 is 36.4 Å². The molecule has 2 aliphatic heterocycles. The second-order valence-electron chi connectivity index (χ2n) is 5.95. The number of nitrogen functional groups attached to an aromatic ring is 1. The third-order valence-electron chi connectivity index (χ3n) is 4.44. The SMILES string of the molecule is CC1CN2CCCC2CN1C(=O)Cc1ccc(N)cn1.Cl.Cl. The van der Waals surface area contributed by atoms with E-state index in [9.17, 15) is 4.79 Å². The van der Waals surface area contributed by atoms with Gasteiger partial charge in [-0.3, -0.25) is 14.7 Å². The molecule has 2 atom stereocenters. The molecule has 0 radical (unpaired) electrons. The van der Waals surface area contributed by atoms with E-state index in [4.69, 9.17) is 5.73 Å². The van der Waals surface area contributed by atoms with E-state index >= 15 is 0 Å². The molecule has 22 heavy (non-hydrogen) atoms. The van der Waals surface area contributed by atoms with Crippen molar-refractivity contribution in [3.63, 3.8) is 0 Å². The predicted octanol–water partition coefficient (Wildman–Crippen LogP) is 1.74. The molecule has 1 aromatic heterocycles. The van der Waals surface area contributed by atoms with E-state index < -0.39 is 0 Å². The Hall–Kier alpha value is -1.04. The fourth-order valence-corrected chi connectivity index (χ4v) is 3.33. The molecular weight excluding hydrogens is 323 g/mol. The number of carbonyl (C=O) groups excluding carboxylic acids is 1. The number of aromatic nitrogens is 1. The highest BCUT2D eigenvalue weighted by Crippen LogP contribution is 2.24. The highest BCUT2D eigenvalue weighted by atomic mass is 35.5. The van der Waals surface area contributed by atoms with E-state index in [0.29, 0.717) is 24.2 Å². The monoisotopic (exact) mass is 346 g/mol. The molecule has 7 heteroatoms. The Morgan fingerprint density at radius 1 is 1.36 bits per heavy atom. The predicted molar refractivity (Wildman–Crippen MR) is 92.6 cm³/mol. The van der Waals surface area contributed by atoms with Crippen LogP contribution in [0.1, 0.15) is 25.5 Å². The molecule has 0 aromatic carbocycles. The number of nitrogens with zero attached hydrogens (tertiary/aromatic N) is 3. The standard InChI is InChI=1S/C15H22N4O.2ClH/c1-11-9-18-6-2-3-14(18)10-19(11)15(20)7-13-5-4-12(16)8-17-13;;/h4-5,8,11,14H,2-3,6-7,9-10,16H2,1H3;2*1H. The lowest BCUT2D eigenvalue weighted by Crippen LogP contribution is -2.57. The quantitative estimate of drug-likeness (QED) is 0.885. The summed E-state index contributed by atoms with van der Waals surface area (Å²) in [6.07, 6.45) is 4.47. The van der Waals surface area contributed by atoms with E-state index in [1.54, 1.807) is 12.3 Å². The number of nitrogens with two attached hydrogens (primary N) is 1. The van der Waals surface area contributed by atoms with Crippen LogP contribution in [0.2, 0.25) is 0 Å². The first kappa shape index (κ1) is 19.0. The van der Waals surface area contributed by atoms with Gasteiger partial charge in [-0.2, -0.15) is 0 Å². The molecule has 0 bridgehead atoms.